The first kappa shape index (κ1) is 25.5. The Hall–Kier alpha value is -2.14. The Balaban J connectivity index is 1.78. The van der Waals surface area contributed by atoms with Gasteiger partial charge in [0.05, 0.1) is 31.7 Å². The highest BCUT2D eigenvalue weighted by atomic mass is 32.2. The van der Waals surface area contributed by atoms with Gasteiger partial charge < -0.3 is 19.3 Å². The molecule has 0 aromatic heterocycles. The van der Waals surface area contributed by atoms with Gasteiger partial charge in [0.2, 0.25) is 0 Å². The van der Waals surface area contributed by atoms with E-state index in [2.05, 4.69) is 45.3 Å². The Morgan fingerprint density at radius 3 is 2.55 bits per heavy atom. The number of nitrogens with one attached hydrogen (secondary N) is 1. The molecule has 0 spiro atoms. The molecule has 2 aliphatic rings. The molecule has 3 rings (SSSR count). The van der Waals surface area contributed by atoms with E-state index in [9.17, 15) is 8.42 Å². The van der Waals surface area contributed by atoms with Gasteiger partial charge in [0.15, 0.2) is 0 Å². The van der Waals surface area contributed by atoms with E-state index in [0.29, 0.717) is 25.7 Å². The lowest BCUT2D eigenvalue weighted by Gasteiger charge is -2.38. The van der Waals surface area contributed by atoms with Crippen molar-refractivity contribution in [1.29, 1.82) is 0 Å². The summed E-state index contributed by atoms with van der Waals surface area (Å²) < 4.78 is 36.1. The summed E-state index contributed by atoms with van der Waals surface area (Å²) in [6.07, 6.45) is 4.09. The van der Waals surface area contributed by atoms with Gasteiger partial charge in [0.1, 0.15) is 5.75 Å². The summed E-state index contributed by atoms with van der Waals surface area (Å²) >= 11 is 0. The number of anilines is 1. The van der Waals surface area contributed by atoms with Gasteiger partial charge in [-0.3, -0.25) is 4.99 Å². The number of nitrogens with zero attached hydrogens (tertiary/aromatic N) is 3. The number of benzene rings is 1. The molecular formula is C23H37N5O4S. The molecule has 0 radical (unpaired) electrons. The second-order valence-corrected chi connectivity index (χ2v) is 10.0. The van der Waals surface area contributed by atoms with Crippen LogP contribution >= 0.6 is 0 Å². The van der Waals surface area contributed by atoms with Gasteiger partial charge in [-0.2, -0.15) is 8.42 Å². The Bertz CT molecular complexity index is 952. The molecule has 9 nitrogen and oxygen atoms in total. The van der Waals surface area contributed by atoms with Crippen LogP contribution in [0.4, 0.5) is 11.4 Å². The van der Waals surface area contributed by atoms with Crippen molar-refractivity contribution in [2.75, 3.05) is 57.9 Å². The Labute approximate surface area is 197 Å². The van der Waals surface area contributed by atoms with E-state index in [4.69, 9.17) is 14.6 Å². The fourth-order valence-corrected chi connectivity index (χ4v) is 5.24. The van der Waals surface area contributed by atoms with Gasteiger partial charge in [-0.1, -0.05) is 13.0 Å². The third-order valence-corrected chi connectivity index (χ3v) is 7.23. The first-order valence-corrected chi connectivity index (χ1v) is 13.0. The molecule has 10 heteroatoms. The molecule has 2 heterocycles. The van der Waals surface area contributed by atoms with Crippen LogP contribution < -0.4 is 19.5 Å². The summed E-state index contributed by atoms with van der Waals surface area (Å²) in [4.78, 5) is 8.98. The number of ether oxygens (including phenoxy) is 2. The molecule has 184 valence electrons. The standard InChI is InChI=1S/C23H37N5O4S/c1-5-21(27-8-6-18(7-9-27)17(2)16-26-33(24,29)30)19-14-22(28-10-12-32-13-11-28)23(31-4)15-20(19)25-3/h5,14-15,17-18,26H,3,6-13,16H2,1-2,4H3,(H2,24,29,30)/b21-5+. The number of hydrogen-bond donors (Lipinski definition) is 2. The van der Waals surface area contributed by atoms with E-state index < -0.39 is 10.2 Å². The zero-order chi connectivity index (χ0) is 24.0. The van der Waals surface area contributed by atoms with Crippen molar-refractivity contribution in [3.8, 4) is 5.75 Å². The molecule has 0 bridgehead atoms. The lowest BCUT2D eigenvalue weighted by atomic mass is 9.85. The number of allylic oxidation sites excluding steroid dienone is 1. The van der Waals surface area contributed by atoms with E-state index in [1.54, 1.807) is 7.11 Å². The van der Waals surface area contributed by atoms with Crippen LogP contribution in [-0.2, 0) is 14.9 Å². The molecule has 1 atom stereocenters. The molecule has 2 aliphatic heterocycles. The summed E-state index contributed by atoms with van der Waals surface area (Å²) in [6.45, 7) is 13.1. The molecule has 0 saturated carbocycles. The molecular weight excluding hydrogens is 442 g/mol. The van der Waals surface area contributed by atoms with Crippen molar-refractivity contribution in [1.82, 2.24) is 9.62 Å². The summed E-state index contributed by atoms with van der Waals surface area (Å²) in [5.74, 6) is 1.44. The van der Waals surface area contributed by atoms with Gasteiger partial charge in [0, 0.05) is 50.1 Å². The summed E-state index contributed by atoms with van der Waals surface area (Å²) in [6, 6.07) is 4.12. The molecule has 1 unspecified atom stereocenters. The maximum atomic E-state index is 11.2. The Morgan fingerprint density at radius 1 is 1.33 bits per heavy atom. The molecule has 1 aromatic carbocycles. The lowest BCUT2D eigenvalue weighted by molar-refractivity contribution is 0.122. The predicted molar refractivity (Wildman–Crippen MR) is 133 cm³/mol. The Morgan fingerprint density at radius 2 is 2.00 bits per heavy atom. The van der Waals surface area contributed by atoms with Gasteiger partial charge in [-0.25, -0.2) is 9.86 Å². The fraction of sp³-hybridized carbons (Fsp3) is 0.609. The maximum Gasteiger partial charge on any atom is 0.274 e. The van der Waals surface area contributed by atoms with Crippen molar-refractivity contribution < 1.29 is 17.9 Å². The molecule has 2 fully saturated rings. The highest BCUT2D eigenvalue weighted by Gasteiger charge is 2.27. The first-order valence-electron chi connectivity index (χ1n) is 11.5. The van der Waals surface area contributed by atoms with E-state index in [0.717, 1.165) is 67.4 Å². The predicted octanol–water partition coefficient (Wildman–Crippen LogP) is 2.37. The van der Waals surface area contributed by atoms with Crippen molar-refractivity contribution in [2.45, 2.75) is 26.7 Å². The molecule has 0 amide bonds. The van der Waals surface area contributed by atoms with E-state index in [1.807, 2.05) is 13.0 Å². The average Bonchev–Trinajstić information content (AvgIpc) is 2.83. The normalized spacial score (nSPS) is 19.5. The van der Waals surface area contributed by atoms with Crippen LogP contribution in [0.1, 0.15) is 32.3 Å². The zero-order valence-electron chi connectivity index (χ0n) is 19.9. The average molecular weight is 480 g/mol. The molecule has 33 heavy (non-hydrogen) atoms. The minimum atomic E-state index is -3.66. The SMILES string of the molecule is C=Nc1cc(OC)c(N2CCOCC2)cc1/C(=C\C)N1CCC(C(C)CNS(N)(=O)=O)CC1. The van der Waals surface area contributed by atoms with E-state index in [-0.39, 0.29) is 5.92 Å². The monoisotopic (exact) mass is 479 g/mol. The van der Waals surface area contributed by atoms with Crippen LogP contribution in [0.25, 0.3) is 5.70 Å². The van der Waals surface area contributed by atoms with Crippen LogP contribution in [-0.4, -0.2) is 73.1 Å². The van der Waals surface area contributed by atoms with Crippen molar-refractivity contribution in [3.63, 3.8) is 0 Å². The van der Waals surface area contributed by atoms with Crippen molar-refractivity contribution in [3.05, 3.63) is 23.8 Å². The number of morpholine rings is 1. The van der Waals surface area contributed by atoms with Gasteiger partial charge >= 0.3 is 0 Å². The number of methoxy groups -OCH3 is 1. The number of likely N-dealkylation sites (tertiary alicyclic amines) is 1. The number of aliphatic imine (C=N–C) groups is 1. The summed E-state index contributed by atoms with van der Waals surface area (Å²) in [7, 11) is -1.98. The number of rotatable bonds is 9. The second kappa shape index (κ2) is 11.3. The number of nitrogens with two attached hydrogens (primary N) is 1. The van der Waals surface area contributed by atoms with Crippen LogP contribution in [0.2, 0.25) is 0 Å². The minimum absolute atomic E-state index is 0.221. The quantitative estimate of drug-likeness (QED) is 0.526. The van der Waals surface area contributed by atoms with E-state index in [1.165, 1.54) is 0 Å². The van der Waals surface area contributed by atoms with Gasteiger partial charge in [-0.15, -0.1) is 0 Å². The summed E-state index contributed by atoms with van der Waals surface area (Å²) in [5.41, 5.74) is 4.01. The number of piperidine rings is 1. The topological polar surface area (TPSA) is 109 Å². The third kappa shape index (κ3) is 6.47. The van der Waals surface area contributed by atoms with Crippen LogP contribution in [0.5, 0.6) is 5.75 Å². The Kier molecular flexibility index (Phi) is 8.75. The van der Waals surface area contributed by atoms with Crippen LogP contribution in [0, 0.1) is 11.8 Å². The zero-order valence-corrected chi connectivity index (χ0v) is 20.7. The van der Waals surface area contributed by atoms with Crippen LogP contribution in [0.15, 0.2) is 23.2 Å². The van der Waals surface area contributed by atoms with Crippen LogP contribution in [0.3, 0.4) is 0 Å². The molecule has 3 N–H and O–H groups in total. The largest absolute Gasteiger partial charge is 0.495 e. The first-order chi connectivity index (χ1) is 15.8. The highest BCUT2D eigenvalue weighted by Crippen LogP contribution is 2.41. The van der Waals surface area contributed by atoms with E-state index >= 15 is 0 Å². The smallest absolute Gasteiger partial charge is 0.274 e. The lowest BCUT2D eigenvalue weighted by Crippen LogP contribution is -2.40. The molecule has 1 aromatic rings. The van der Waals surface area contributed by atoms with Crippen molar-refractivity contribution >= 4 is 34.0 Å². The third-order valence-electron chi connectivity index (χ3n) is 6.66. The maximum absolute atomic E-state index is 11.2. The van der Waals surface area contributed by atoms with Crippen molar-refractivity contribution in [2.24, 2.45) is 22.0 Å². The second-order valence-electron chi connectivity index (χ2n) is 8.67. The van der Waals surface area contributed by atoms with Gasteiger partial charge in [0.25, 0.3) is 10.2 Å². The van der Waals surface area contributed by atoms with Gasteiger partial charge in [-0.05, 0) is 44.4 Å². The molecule has 2 saturated heterocycles. The highest BCUT2D eigenvalue weighted by molar-refractivity contribution is 7.87. The fourth-order valence-electron chi connectivity index (χ4n) is 4.74. The number of hydrogen-bond acceptors (Lipinski definition) is 7. The molecule has 0 aliphatic carbocycles. The summed E-state index contributed by atoms with van der Waals surface area (Å²) in [5, 5.41) is 5.08. The minimum Gasteiger partial charge on any atom is -0.495 e.